The lowest BCUT2D eigenvalue weighted by Crippen LogP contribution is -2.52. The van der Waals surface area contributed by atoms with Crippen LogP contribution >= 0.6 is 0 Å². The Morgan fingerprint density at radius 2 is 2.22 bits per heavy atom. The summed E-state index contributed by atoms with van der Waals surface area (Å²) in [6.45, 7) is 6.36. The van der Waals surface area contributed by atoms with E-state index in [1.165, 1.54) is 0 Å². The minimum Gasteiger partial charge on any atom is -0.444 e. The molecule has 0 aromatic carbocycles. The Balaban J connectivity index is 1.89. The molecule has 0 bridgehead atoms. The van der Waals surface area contributed by atoms with E-state index >= 15 is 0 Å². The molecule has 0 aromatic rings. The molecule has 2 N–H and O–H groups in total. The third-order valence-corrected chi connectivity index (χ3v) is 3.36. The van der Waals surface area contributed by atoms with E-state index in [1.807, 2.05) is 13.8 Å². The van der Waals surface area contributed by atoms with Gasteiger partial charge in [-0.1, -0.05) is 0 Å². The Bertz CT molecular complexity index is 356. The molecule has 0 aromatic heterocycles. The SMILES string of the molecule is C[C@@H]1OC(=O)N[C@H]1C(=O)N[C@@H]1CCOC(C)(C)C1. The van der Waals surface area contributed by atoms with E-state index in [2.05, 4.69) is 10.6 Å². The largest absolute Gasteiger partial charge is 0.444 e. The number of carbonyl (C=O) groups excluding carboxylic acids is 2. The number of nitrogens with one attached hydrogen (secondary N) is 2. The third kappa shape index (κ3) is 2.93. The molecule has 2 aliphatic heterocycles. The van der Waals surface area contributed by atoms with E-state index in [1.54, 1.807) is 6.92 Å². The van der Waals surface area contributed by atoms with Crippen LogP contribution < -0.4 is 10.6 Å². The molecule has 2 heterocycles. The van der Waals surface area contributed by atoms with Gasteiger partial charge in [0.25, 0.3) is 0 Å². The molecule has 6 heteroatoms. The fourth-order valence-electron chi connectivity index (χ4n) is 2.44. The summed E-state index contributed by atoms with van der Waals surface area (Å²) in [5.74, 6) is -0.184. The summed E-state index contributed by atoms with van der Waals surface area (Å²) in [5.41, 5.74) is -0.211. The molecular formula is C12H20N2O4. The molecule has 18 heavy (non-hydrogen) atoms. The summed E-state index contributed by atoms with van der Waals surface area (Å²) in [4.78, 5) is 23.1. The van der Waals surface area contributed by atoms with Gasteiger partial charge < -0.3 is 20.1 Å². The molecule has 0 saturated carbocycles. The number of amides is 2. The Hall–Kier alpha value is -1.30. The number of alkyl carbamates (subject to hydrolysis) is 1. The molecule has 2 amide bonds. The predicted molar refractivity (Wildman–Crippen MR) is 64.1 cm³/mol. The van der Waals surface area contributed by atoms with Crippen LogP contribution in [0.2, 0.25) is 0 Å². The molecular weight excluding hydrogens is 236 g/mol. The van der Waals surface area contributed by atoms with Crippen molar-refractivity contribution in [1.82, 2.24) is 10.6 Å². The first-order chi connectivity index (χ1) is 8.37. The molecule has 2 aliphatic rings. The van der Waals surface area contributed by atoms with E-state index < -0.39 is 18.2 Å². The number of hydrogen-bond donors (Lipinski definition) is 2. The van der Waals surface area contributed by atoms with Crippen molar-refractivity contribution in [3.63, 3.8) is 0 Å². The maximum Gasteiger partial charge on any atom is 0.408 e. The maximum absolute atomic E-state index is 12.0. The molecule has 0 spiro atoms. The van der Waals surface area contributed by atoms with E-state index in [0.717, 1.165) is 12.8 Å². The van der Waals surface area contributed by atoms with Gasteiger partial charge in [0, 0.05) is 12.6 Å². The van der Waals surface area contributed by atoms with Crippen LogP contribution in [0.15, 0.2) is 0 Å². The molecule has 2 saturated heterocycles. The van der Waals surface area contributed by atoms with Crippen LogP contribution in [0.3, 0.4) is 0 Å². The first-order valence-electron chi connectivity index (χ1n) is 6.29. The van der Waals surface area contributed by atoms with Crippen LogP contribution in [0.1, 0.15) is 33.6 Å². The van der Waals surface area contributed by atoms with Crippen LogP contribution in [-0.2, 0) is 14.3 Å². The highest BCUT2D eigenvalue weighted by Crippen LogP contribution is 2.24. The summed E-state index contributed by atoms with van der Waals surface area (Å²) in [6.07, 6.45) is 0.611. The number of hydrogen-bond acceptors (Lipinski definition) is 4. The highest BCUT2D eigenvalue weighted by atomic mass is 16.6. The van der Waals surface area contributed by atoms with Crippen molar-refractivity contribution in [3.05, 3.63) is 0 Å². The predicted octanol–water partition coefficient (Wildman–Crippen LogP) is 0.557. The Kier molecular flexibility index (Phi) is 3.47. The topological polar surface area (TPSA) is 76.7 Å². The first-order valence-corrected chi connectivity index (χ1v) is 6.29. The van der Waals surface area contributed by atoms with Crippen molar-refractivity contribution < 1.29 is 19.1 Å². The summed E-state index contributed by atoms with van der Waals surface area (Å²) in [5, 5.41) is 5.46. The minimum absolute atomic E-state index is 0.0888. The average Bonchev–Trinajstić information content (AvgIpc) is 2.56. The fraction of sp³-hybridized carbons (Fsp3) is 0.833. The normalized spacial score (nSPS) is 34.6. The summed E-state index contributed by atoms with van der Waals surface area (Å²) in [6, 6.07) is -0.505. The molecule has 6 nitrogen and oxygen atoms in total. The smallest absolute Gasteiger partial charge is 0.408 e. The fourth-order valence-corrected chi connectivity index (χ4v) is 2.44. The lowest BCUT2D eigenvalue weighted by Gasteiger charge is -2.36. The van der Waals surface area contributed by atoms with Gasteiger partial charge in [-0.15, -0.1) is 0 Å². The second kappa shape index (κ2) is 4.76. The van der Waals surface area contributed by atoms with Crippen LogP contribution in [0.25, 0.3) is 0 Å². The second-order valence-corrected chi connectivity index (χ2v) is 5.54. The standard InChI is InChI=1S/C12H20N2O4/c1-7-9(14-11(16)18-7)10(15)13-8-4-5-17-12(2,3)6-8/h7-9H,4-6H2,1-3H3,(H,13,15)(H,14,16)/t7-,8+,9+/m0/s1. The molecule has 0 radical (unpaired) electrons. The first kappa shape index (κ1) is 13.1. The maximum atomic E-state index is 12.0. The van der Waals surface area contributed by atoms with Crippen molar-refractivity contribution in [1.29, 1.82) is 0 Å². The molecule has 2 fully saturated rings. The highest BCUT2D eigenvalue weighted by molar-refractivity contribution is 5.88. The van der Waals surface area contributed by atoms with E-state index in [0.29, 0.717) is 6.61 Å². The number of ether oxygens (including phenoxy) is 2. The number of carbonyl (C=O) groups is 2. The molecule has 3 atom stereocenters. The number of cyclic esters (lactones) is 1. The Morgan fingerprint density at radius 1 is 1.50 bits per heavy atom. The quantitative estimate of drug-likeness (QED) is 0.756. The van der Waals surface area contributed by atoms with Crippen molar-refractivity contribution in [2.24, 2.45) is 0 Å². The summed E-state index contributed by atoms with van der Waals surface area (Å²) < 4.78 is 10.5. The highest BCUT2D eigenvalue weighted by Gasteiger charge is 2.38. The van der Waals surface area contributed by atoms with Gasteiger partial charge in [0.15, 0.2) is 0 Å². The number of rotatable bonds is 2. The van der Waals surface area contributed by atoms with Crippen molar-refractivity contribution in [3.8, 4) is 0 Å². The molecule has 102 valence electrons. The van der Waals surface area contributed by atoms with E-state index in [4.69, 9.17) is 9.47 Å². The monoisotopic (exact) mass is 256 g/mol. The zero-order valence-corrected chi connectivity index (χ0v) is 11.0. The summed E-state index contributed by atoms with van der Waals surface area (Å²) in [7, 11) is 0. The lowest BCUT2D eigenvalue weighted by molar-refractivity contribution is -0.126. The van der Waals surface area contributed by atoms with E-state index in [9.17, 15) is 9.59 Å². The minimum atomic E-state index is -0.594. The van der Waals surface area contributed by atoms with Crippen molar-refractivity contribution in [2.75, 3.05) is 6.61 Å². The van der Waals surface area contributed by atoms with Crippen LogP contribution in [-0.4, -0.2) is 42.4 Å². The van der Waals surface area contributed by atoms with Crippen LogP contribution in [0.4, 0.5) is 4.79 Å². The Labute approximate surface area is 106 Å². The van der Waals surface area contributed by atoms with E-state index in [-0.39, 0.29) is 17.6 Å². The van der Waals surface area contributed by atoms with Crippen LogP contribution in [0, 0.1) is 0 Å². The van der Waals surface area contributed by atoms with Crippen LogP contribution in [0.5, 0.6) is 0 Å². The zero-order chi connectivity index (χ0) is 13.3. The van der Waals surface area contributed by atoms with Gasteiger partial charge in [0.05, 0.1) is 5.60 Å². The average molecular weight is 256 g/mol. The van der Waals surface area contributed by atoms with Gasteiger partial charge in [-0.2, -0.15) is 0 Å². The van der Waals surface area contributed by atoms with Crippen molar-refractivity contribution in [2.45, 2.75) is 57.4 Å². The van der Waals surface area contributed by atoms with Gasteiger partial charge in [0.1, 0.15) is 12.1 Å². The third-order valence-electron chi connectivity index (χ3n) is 3.36. The van der Waals surface area contributed by atoms with Gasteiger partial charge in [-0.3, -0.25) is 4.79 Å². The van der Waals surface area contributed by atoms with Crippen molar-refractivity contribution >= 4 is 12.0 Å². The van der Waals surface area contributed by atoms with Gasteiger partial charge in [-0.05, 0) is 33.6 Å². The molecule has 0 aliphatic carbocycles. The van der Waals surface area contributed by atoms with Gasteiger partial charge >= 0.3 is 6.09 Å². The van der Waals surface area contributed by atoms with Gasteiger partial charge in [-0.25, -0.2) is 4.79 Å². The zero-order valence-electron chi connectivity index (χ0n) is 11.0. The summed E-state index contributed by atoms with van der Waals surface area (Å²) >= 11 is 0. The molecule has 2 rings (SSSR count). The lowest BCUT2D eigenvalue weighted by atomic mass is 9.93. The Morgan fingerprint density at radius 3 is 2.78 bits per heavy atom. The molecule has 0 unspecified atom stereocenters. The van der Waals surface area contributed by atoms with Gasteiger partial charge in [0.2, 0.25) is 5.91 Å². The second-order valence-electron chi connectivity index (χ2n) is 5.54.